The second-order valence-corrected chi connectivity index (χ2v) is 17.9. The van der Waals surface area contributed by atoms with E-state index in [2.05, 4.69) is 98.9 Å². The van der Waals surface area contributed by atoms with E-state index in [0.717, 1.165) is 83.5 Å². The summed E-state index contributed by atoms with van der Waals surface area (Å²) in [6.07, 6.45) is 56.2. The fraction of sp³-hybridized carbons (Fsp3) is 0.700. The number of phosphoric ester groups is 1. The molecule has 59 heavy (non-hydrogen) atoms. The lowest BCUT2D eigenvalue weighted by Gasteiger charge is -2.24. The number of quaternary nitrogens is 1. The molecule has 0 aromatic heterocycles. The van der Waals surface area contributed by atoms with Gasteiger partial charge in [0.25, 0.3) is 0 Å². The van der Waals surface area contributed by atoms with Crippen molar-refractivity contribution in [2.24, 2.45) is 0 Å². The molecule has 2 unspecified atom stereocenters. The van der Waals surface area contributed by atoms with Gasteiger partial charge in [-0.2, -0.15) is 0 Å². The van der Waals surface area contributed by atoms with Gasteiger partial charge < -0.3 is 18.9 Å². The van der Waals surface area contributed by atoms with E-state index in [0.29, 0.717) is 24.1 Å². The highest BCUT2D eigenvalue weighted by Crippen LogP contribution is 2.43. The fourth-order valence-corrected chi connectivity index (χ4v) is 6.58. The van der Waals surface area contributed by atoms with Crippen molar-refractivity contribution in [2.75, 3.05) is 54.1 Å². The minimum atomic E-state index is -4.29. The van der Waals surface area contributed by atoms with Crippen molar-refractivity contribution in [3.8, 4) is 0 Å². The molecule has 1 N–H and O–H groups in total. The summed E-state index contributed by atoms with van der Waals surface area (Å²) in [6, 6.07) is 0. The Hall–Kier alpha value is -2.32. The van der Waals surface area contributed by atoms with Crippen molar-refractivity contribution in [2.45, 2.75) is 174 Å². The molecule has 0 aliphatic heterocycles. The largest absolute Gasteiger partial charge is 0.472 e. The standard InChI is InChI=1S/C50H88NO7P/c1-6-8-10-12-14-16-18-20-22-23-24-25-26-27-28-29-30-31-33-35-37-39-41-43-50(52)58-49(48-57-59(53,54)56-46-44-51(3,4)5)47-55-45-42-40-38-36-34-32-21-19-17-15-13-11-9-7-2/h8,10,14,16-17,19-20,22,24-25,27-28,30-31,49H,6-7,9,11-13,15,18,21,23,26,29,32-48H2,1-5H3/p+1/b10-8-,16-14-,19-17-,22-20-,25-24-,28-27-,31-30-. The van der Waals surface area contributed by atoms with Crippen LogP contribution in [0.15, 0.2) is 85.1 Å². The Morgan fingerprint density at radius 3 is 1.49 bits per heavy atom. The summed E-state index contributed by atoms with van der Waals surface area (Å²) in [7, 11) is 1.63. The number of phosphoric acid groups is 1. The first-order valence-corrected chi connectivity index (χ1v) is 24.8. The van der Waals surface area contributed by atoms with E-state index < -0.39 is 13.9 Å². The maximum atomic E-state index is 12.7. The van der Waals surface area contributed by atoms with Crippen LogP contribution < -0.4 is 0 Å². The van der Waals surface area contributed by atoms with Crippen molar-refractivity contribution >= 4 is 13.8 Å². The molecule has 0 radical (unpaired) electrons. The Morgan fingerprint density at radius 2 is 0.983 bits per heavy atom. The summed E-state index contributed by atoms with van der Waals surface area (Å²) in [5.41, 5.74) is 0. The predicted octanol–water partition coefficient (Wildman–Crippen LogP) is 14.1. The molecule has 0 spiro atoms. The van der Waals surface area contributed by atoms with E-state index in [-0.39, 0.29) is 25.8 Å². The molecule has 0 aliphatic carbocycles. The van der Waals surface area contributed by atoms with Crippen LogP contribution in [0.25, 0.3) is 0 Å². The zero-order chi connectivity index (χ0) is 43.4. The Morgan fingerprint density at radius 1 is 0.542 bits per heavy atom. The molecule has 2 atom stereocenters. The van der Waals surface area contributed by atoms with Gasteiger partial charge in [-0.25, -0.2) is 4.57 Å². The number of carbonyl (C=O) groups is 1. The summed E-state index contributed by atoms with van der Waals surface area (Å²) in [4.78, 5) is 22.9. The molecule has 0 fully saturated rings. The molecule has 0 aliphatic rings. The molecule has 0 heterocycles. The van der Waals surface area contributed by atoms with Crippen LogP contribution in [0.2, 0.25) is 0 Å². The van der Waals surface area contributed by atoms with E-state index in [9.17, 15) is 14.3 Å². The molecule has 9 heteroatoms. The smallest absolute Gasteiger partial charge is 0.457 e. The molecule has 0 amide bonds. The summed E-state index contributed by atoms with van der Waals surface area (Å²) < 4.78 is 35.0. The highest BCUT2D eigenvalue weighted by molar-refractivity contribution is 7.47. The van der Waals surface area contributed by atoms with Crippen molar-refractivity contribution in [3.05, 3.63) is 85.1 Å². The topological polar surface area (TPSA) is 91.3 Å². The molecular formula is C50H89NO7P+. The summed E-state index contributed by atoms with van der Waals surface area (Å²) in [5, 5.41) is 0. The number of esters is 1. The third kappa shape index (κ3) is 46.6. The van der Waals surface area contributed by atoms with Crippen LogP contribution in [0, 0.1) is 0 Å². The number of ether oxygens (including phenoxy) is 2. The van der Waals surface area contributed by atoms with Gasteiger partial charge in [0.15, 0.2) is 0 Å². The van der Waals surface area contributed by atoms with Gasteiger partial charge in [-0.3, -0.25) is 13.8 Å². The predicted molar refractivity (Wildman–Crippen MR) is 251 cm³/mol. The van der Waals surface area contributed by atoms with Gasteiger partial charge in [-0.1, -0.05) is 157 Å². The molecular weight excluding hydrogens is 758 g/mol. The van der Waals surface area contributed by atoms with Crippen LogP contribution in [0.5, 0.6) is 0 Å². The minimum Gasteiger partial charge on any atom is -0.457 e. The lowest BCUT2D eigenvalue weighted by molar-refractivity contribution is -0.870. The van der Waals surface area contributed by atoms with Crippen molar-refractivity contribution < 1.29 is 37.3 Å². The SMILES string of the molecule is CC/C=C\C/C=C\C/C=C\C/C=C\C/C=C\C/C=C\CCCCCCC(=O)OC(COCCCCCCCC/C=C\CCCCCC)COP(=O)(O)OCC[N+](C)(C)C. The normalized spacial score (nSPS) is 14.5. The molecule has 0 aromatic rings. The van der Waals surface area contributed by atoms with Crippen molar-refractivity contribution in [1.29, 1.82) is 0 Å². The average molecular weight is 847 g/mol. The molecule has 8 nitrogen and oxygen atoms in total. The third-order valence-electron chi connectivity index (χ3n) is 9.44. The second kappa shape index (κ2) is 42.4. The Bertz CT molecular complexity index is 1210. The number of nitrogens with zero attached hydrogens (tertiary/aromatic N) is 1. The maximum absolute atomic E-state index is 12.7. The summed E-state index contributed by atoms with van der Waals surface area (Å²) in [5.74, 6) is -0.343. The summed E-state index contributed by atoms with van der Waals surface area (Å²) in [6.45, 7) is 5.43. The second-order valence-electron chi connectivity index (χ2n) is 16.4. The maximum Gasteiger partial charge on any atom is 0.472 e. The van der Waals surface area contributed by atoms with E-state index in [4.69, 9.17) is 18.5 Å². The van der Waals surface area contributed by atoms with Gasteiger partial charge in [0, 0.05) is 13.0 Å². The van der Waals surface area contributed by atoms with Gasteiger partial charge >= 0.3 is 13.8 Å². The highest BCUT2D eigenvalue weighted by Gasteiger charge is 2.26. The molecule has 340 valence electrons. The van der Waals surface area contributed by atoms with Crippen LogP contribution in [0.3, 0.4) is 0 Å². The number of allylic oxidation sites excluding steroid dienone is 14. The first kappa shape index (κ1) is 56.7. The van der Waals surface area contributed by atoms with Gasteiger partial charge in [0.2, 0.25) is 0 Å². The molecule has 0 saturated heterocycles. The van der Waals surface area contributed by atoms with Crippen LogP contribution in [-0.4, -0.2) is 75.6 Å². The average Bonchev–Trinajstić information content (AvgIpc) is 3.19. The number of unbranched alkanes of at least 4 members (excludes halogenated alkanes) is 14. The Labute approximate surface area is 363 Å². The highest BCUT2D eigenvalue weighted by atomic mass is 31.2. The number of likely N-dealkylation sites (N-methyl/N-ethyl adjacent to an activating group) is 1. The molecule has 0 rings (SSSR count). The Kier molecular flexibility index (Phi) is 40.7. The number of rotatable bonds is 42. The van der Waals surface area contributed by atoms with E-state index >= 15 is 0 Å². The molecule has 0 bridgehead atoms. The van der Waals surface area contributed by atoms with Crippen molar-refractivity contribution in [1.82, 2.24) is 0 Å². The third-order valence-corrected chi connectivity index (χ3v) is 10.4. The monoisotopic (exact) mass is 847 g/mol. The van der Waals surface area contributed by atoms with Gasteiger partial charge in [0.05, 0.1) is 34.4 Å². The number of hydrogen-bond donors (Lipinski definition) is 1. The van der Waals surface area contributed by atoms with Crippen LogP contribution >= 0.6 is 7.82 Å². The van der Waals surface area contributed by atoms with Gasteiger partial charge in [0.1, 0.15) is 19.3 Å². The first-order valence-electron chi connectivity index (χ1n) is 23.3. The van der Waals surface area contributed by atoms with Crippen LogP contribution in [0.1, 0.15) is 168 Å². The van der Waals surface area contributed by atoms with E-state index in [1.54, 1.807) is 0 Å². The summed E-state index contributed by atoms with van der Waals surface area (Å²) >= 11 is 0. The molecule has 0 saturated carbocycles. The molecule has 0 aromatic carbocycles. The van der Waals surface area contributed by atoms with Crippen molar-refractivity contribution in [3.63, 3.8) is 0 Å². The van der Waals surface area contributed by atoms with Crippen LogP contribution in [0.4, 0.5) is 0 Å². The van der Waals surface area contributed by atoms with Gasteiger partial charge in [-0.05, 0) is 89.9 Å². The fourth-order valence-electron chi connectivity index (χ4n) is 5.84. The minimum absolute atomic E-state index is 0.0775. The van der Waals surface area contributed by atoms with Crippen LogP contribution in [-0.2, 0) is 27.9 Å². The van der Waals surface area contributed by atoms with E-state index in [1.807, 2.05) is 21.1 Å². The number of carbonyl (C=O) groups excluding carboxylic acids is 1. The van der Waals surface area contributed by atoms with E-state index in [1.165, 1.54) is 64.2 Å². The van der Waals surface area contributed by atoms with Gasteiger partial charge in [-0.15, -0.1) is 0 Å². The lowest BCUT2D eigenvalue weighted by atomic mass is 10.1. The lowest BCUT2D eigenvalue weighted by Crippen LogP contribution is -2.37. The first-order chi connectivity index (χ1) is 28.6. The Balaban J connectivity index is 4.28. The zero-order valence-electron chi connectivity index (χ0n) is 38.5. The quantitative estimate of drug-likeness (QED) is 0.0215. The zero-order valence-corrected chi connectivity index (χ0v) is 39.4. The number of hydrogen-bond acceptors (Lipinski definition) is 6.